The molecule has 2 heterocycles. The topological polar surface area (TPSA) is 138 Å². The van der Waals surface area contributed by atoms with Gasteiger partial charge in [-0.1, -0.05) is 17.3 Å². The number of aromatic nitrogens is 4. The number of unbranched alkanes of at least 4 members (excludes halogenated alkanes) is 1. The Bertz CT molecular complexity index is 1390. The number of amides is 1. The number of aryl methyl sites for hydroxylation is 2. The molecule has 4 rings (SSSR count). The van der Waals surface area contributed by atoms with Crippen molar-refractivity contribution < 1.29 is 32.0 Å². The first-order chi connectivity index (χ1) is 18.2. The Morgan fingerprint density at radius 3 is 2.63 bits per heavy atom. The average molecular weight is 530 g/mol. The van der Waals surface area contributed by atoms with Crippen molar-refractivity contribution in [1.82, 2.24) is 20.0 Å². The largest absolute Gasteiger partial charge is 0.484 e. The number of hydrogen-bond donors (Lipinski definition) is 1. The number of carbonyl (C=O) groups is 1. The number of halogens is 3. The van der Waals surface area contributed by atoms with Crippen LogP contribution >= 0.6 is 0 Å². The van der Waals surface area contributed by atoms with Gasteiger partial charge >= 0.3 is 6.18 Å². The Hall–Kier alpha value is -4.75. The monoisotopic (exact) mass is 530 g/mol. The van der Waals surface area contributed by atoms with E-state index in [0.717, 1.165) is 49.8 Å². The predicted molar refractivity (Wildman–Crippen MR) is 126 cm³/mol. The lowest BCUT2D eigenvalue weighted by Gasteiger charge is -2.12. The summed E-state index contributed by atoms with van der Waals surface area (Å²) in [6.45, 7) is 0.685. The molecule has 38 heavy (non-hydrogen) atoms. The first-order valence-electron chi connectivity index (χ1n) is 11.4. The summed E-state index contributed by atoms with van der Waals surface area (Å²) < 4.78 is 52.6. The second kappa shape index (κ2) is 11.5. The summed E-state index contributed by atoms with van der Waals surface area (Å²) in [4.78, 5) is 26.2. The van der Waals surface area contributed by atoms with E-state index < -0.39 is 33.9 Å². The lowest BCUT2D eigenvalue weighted by molar-refractivity contribution is -0.385. The molecule has 198 valence electrons. The summed E-state index contributed by atoms with van der Waals surface area (Å²) in [6.07, 6.45) is 2.34. The molecule has 0 aliphatic rings. The molecule has 0 fully saturated rings. The highest BCUT2D eigenvalue weighted by molar-refractivity contribution is 6.03. The van der Waals surface area contributed by atoms with E-state index in [-0.39, 0.29) is 18.2 Å². The van der Waals surface area contributed by atoms with Crippen LogP contribution < -0.4 is 10.1 Å². The third-order valence-corrected chi connectivity index (χ3v) is 5.41. The molecule has 0 aliphatic heterocycles. The van der Waals surface area contributed by atoms with Crippen LogP contribution in [0.15, 0.2) is 65.5 Å². The number of oxazole rings is 1. The first kappa shape index (κ1) is 26.3. The van der Waals surface area contributed by atoms with Gasteiger partial charge in [0.2, 0.25) is 5.89 Å². The molecule has 1 amide bonds. The number of benzene rings is 2. The van der Waals surface area contributed by atoms with Crippen LogP contribution in [0.3, 0.4) is 0 Å². The third kappa shape index (κ3) is 6.93. The summed E-state index contributed by atoms with van der Waals surface area (Å²) in [5.74, 6) is -0.402. The van der Waals surface area contributed by atoms with Gasteiger partial charge in [0.05, 0.1) is 22.4 Å². The van der Waals surface area contributed by atoms with Crippen molar-refractivity contribution in [2.75, 3.05) is 5.32 Å². The molecule has 0 saturated carbocycles. The standard InChI is InChI=1S/C24H21F3N6O5/c25-24(26,27)19-13-17(33(35)36)6-9-20(19)30-23(34)21-14-38-22(29-21)15-37-18-7-4-16(5-8-18)3-1-2-11-32-12-10-28-31-32/h4-10,12-14H,1-3,11,15H2,(H,30,34). The molecular weight excluding hydrogens is 509 g/mol. The SMILES string of the molecule is O=C(Nc1ccc([N+](=O)[O-])cc1C(F)(F)F)c1coc(COc2ccc(CCCCn3ccnn3)cc2)n1. The van der Waals surface area contributed by atoms with Gasteiger partial charge in [-0.15, -0.1) is 5.10 Å². The van der Waals surface area contributed by atoms with Crippen LogP contribution in [-0.4, -0.2) is 30.8 Å². The second-order valence-corrected chi connectivity index (χ2v) is 8.12. The molecule has 14 heteroatoms. The van der Waals surface area contributed by atoms with E-state index in [1.54, 1.807) is 23.0 Å². The summed E-state index contributed by atoms with van der Waals surface area (Å²) in [5, 5.41) is 20.6. The van der Waals surface area contributed by atoms with E-state index in [0.29, 0.717) is 11.8 Å². The van der Waals surface area contributed by atoms with Gasteiger partial charge in [-0.3, -0.25) is 19.6 Å². The number of rotatable bonds is 11. The molecule has 0 bridgehead atoms. The van der Waals surface area contributed by atoms with Crippen LogP contribution in [0, 0.1) is 10.1 Å². The van der Waals surface area contributed by atoms with Crippen LogP contribution in [-0.2, 0) is 25.7 Å². The molecule has 0 atom stereocenters. The zero-order valence-electron chi connectivity index (χ0n) is 19.7. The maximum Gasteiger partial charge on any atom is 0.418 e. The van der Waals surface area contributed by atoms with Crippen molar-refractivity contribution in [3.63, 3.8) is 0 Å². The van der Waals surface area contributed by atoms with Crippen LogP contribution in [0.25, 0.3) is 0 Å². The van der Waals surface area contributed by atoms with Crippen molar-refractivity contribution in [1.29, 1.82) is 0 Å². The highest BCUT2D eigenvalue weighted by Gasteiger charge is 2.36. The van der Waals surface area contributed by atoms with Gasteiger partial charge in [0.1, 0.15) is 12.0 Å². The highest BCUT2D eigenvalue weighted by Crippen LogP contribution is 2.37. The summed E-state index contributed by atoms with van der Waals surface area (Å²) in [6, 6.07) is 9.46. The van der Waals surface area contributed by atoms with E-state index in [2.05, 4.69) is 20.6 Å². The van der Waals surface area contributed by atoms with E-state index >= 15 is 0 Å². The number of nitrogens with one attached hydrogen (secondary N) is 1. The van der Waals surface area contributed by atoms with Crippen molar-refractivity contribution in [3.8, 4) is 5.75 Å². The maximum atomic E-state index is 13.3. The molecule has 2 aromatic heterocycles. The van der Waals surface area contributed by atoms with Gasteiger partial charge in [0, 0.05) is 24.9 Å². The average Bonchev–Trinajstić information content (AvgIpc) is 3.58. The third-order valence-electron chi connectivity index (χ3n) is 5.41. The number of alkyl halides is 3. The Morgan fingerprint density at radius 2 is 1.95 bits per heavy atom. The zero-order chi connectivity index (χ0) is 27.1. The Morgan fingerprint density at radius 1 is 1.16 bits per heavy atom. The van der Waals surface area contributed by atoms with Crippen LogP contribution in [0.1, 0.15) is 40.3 Å². The molecule has 1 N–H and O–H groups in total. The molecule has 2 aromatic carbocycles. The van der Waals surface area contributed by atoms with Crippen LogP contribution in [0.2, 0.25) is 0 Å². The maximum absolute atomic E-state index is 13.3. The fraction of sp³-hybridized carbons (Fsp3) is 0.250. The zero-order valence-corrected chi connectivity index (χ0v) is 19.7. The number of hydrogen-bond acceptors (Lipinski definition) is 8. The molecular formula is C24H21F3N6O5. The van der Waals surface area contributed by atoms with E-state index in [9.17, 15) is 28.1 Å². The number of anilines is 1. The number of non-ortho nitro benzene ring substituents is 1. The molecule has 11 nitrogen and oxygen atoms in total. The quantitative estimate of drug-likeness (QED) is 0.162. The number of carbonyl (C=O) groups excluding carboxylic acids is 1. The van der Waals surface area contributed by atoms with Gasteiger partial charge in [0.15, 0.2) is 12.3 Å². The fourth-order valence-corrected chi connectivity index (χ4v) is 3.51. The number of nitro groups is 1. The minimum atomic E-state index is -4.93. The Labute approximate surface area is 213 Å². The molecule has 0 spiro atoms. The van der Waals surface area contributed by atoms with Crippen molar-refractivity contribution in [3.05, 3.63) is 93.9 Å². The van der Waals surface area contributed by atoms with E-state index in [1.807, 2.05) is 18.3 Å². The van der Waals surface area contributed by atoms with Crippen molar-refractivity contribution >= 4 is 17.3 Å². The number of nitrogens with zero attached hydrogens (tertiary/aromatic N) is 5. The minimum Gasteiger partial charge on any atom is -0.484 e. The smallest absolute Gasteiger partial charge is 0.418 e. The summed E-state index contributed by atoms with van der Waals surface area (Å²) in [5.41, 5.74) is -1.91. The summed E-state index contributed by atoms with van der Waals surface area (Å²) >= 11 is 0. The van der Waals surface area contributed by atoms with Gasteiger partial charge in [-0.25, -0.2) is 4.98 Å². The lowest BCUT2D eigenvalue weighted by Crippen LogP contribution is -2.17. The van der Waals surface area contributed by atoms with Gasteiger partial charge in [-0.2, -0.15) is 13.2 Å². The lowest BCUT2D eigenvalue weighted by atomic mass is 10.1. The summed E-state index contributed by atoms with van der Waals surface area (Å²) in [7, 11) is 0. The predicted octanol–water partition coefficient (Wildman–Crippen LogP) is 5.05. The molecule has 4 aromatic rings. The van der Waals surface area contributed by atoms with Crippen molar-refractivity contribution in [2.24, 2.45) is 0 Å². The van der Waals surface area contributed by atoms with Gasteiger partial charge in [0.25, 0.3) is 11.6 Å². The highest BCUT2D eigenvalue weighted by atomic mass is 19.4. The molecule has 0 aliphatic carbocycles. The molecule has 0 saturated heterocycles. The van der Waals surface area contributed by atoms with Gasteiger partial charge < -0.3 is 14.5 Å². The number of nitro benzene ring substituents is 1. The fourth-order valence-electron chi connectivity index (χ4n) is 3.51. The second-order valence-electron chi connectivity index (χ2n) is 8.12. The van der Waals surface area contributed by atoms with E-state index in [1.165, 1.54) is 0 Å². The van der Waals surface area contributed by atoms with Crippen LogP contribution in [0.5, 0.6) is 5.75 Å². The molecule has 0 unspecified atom stereocenters. The molecule has 0 radical (unpaired) electrons. The van der Waals surface area contributed by atoms with Crippen LogP contribution in [0.4, 0.5) is 24.5 Å². The minimum absolute atomic E-state index is 0.0343. The van der Waals surface area contributed by atoms with E-state index in [4.69, 9.17) is 9.15 Å². The Kier molecular flexibility index (Phi) is 7.99. The normalized spacial score (nSPS) is 11.3. The number of ether oxygens (including phenoxy) is 1. The Balaban J connectivity index is 1.29. The van der Waals surface area contributed by atoms with Gasteiger partial charge in [-0.05, 0) is 43.0 Å². The van der Waals surface area contributed by atoms with Crippen molar-refractivity contribution in [2.45, 2.75) is 38.6 Å². The first-order valence-corrected chi connectivity index (χ1v) is 11.4.